The molecule has 0 aliphatic carbocycles. The topological polar surface area (TPSA) is 78.7 Å². The molecule has 5 rings (SSSR count). The second kappa shape index (κ2) is 8.06. The third-order valence-electron chi connectivity index (χ3n) is 5.39. The Kier molecular flexibility index (Phi) is 4.95. The molecule has 8 heteroatoms. The number of aryl methyl sites for hydroxylation is 1. The van der Waals surface area contributed by atoms with Crippen LogP contribution < -0.4 is 10.2 Å². The molecule has 1 fully saturated rings. The summed E-state index contributed by atoms with van der Waals surface area (Å²) < 4.78 is 1.98. The van der Waals surface area contributed by atoms with Crippen LogP contribution in [0.25, 0.3) is 5.52 Å². The van der Waals surface area contributed by atoms with Crippen molar-refractivity contribution in [1.82, 2.24) is 24.3 Å². The highest BCUT2D eigenvalue weighted by atomic mass is 16.2. The second-order valence-electron chi connectivity index (χ2n) is 7.54. The summed E-state index contributed by atoms with van der Waals surface area (Å²) in [7, 11) is 0. The predicted octanol–water partition coefficient (Wildman–Crippen LogP) is 3.14. The summed E-state index contributed by atoms with van der Waals surface area (Å²) in [6, 6.07) is 15.5. The molecule has 5 heterocycles. The Labute approximate surface area is 180 Å². The van der Waals surface area contributed by atoms with Gasteiger partial charge in [0.25, 0.3) is 5.91 Å². The van der Waals surface area contributed by atoms with Crippen LogP contribution in [-0.4, -0.2) is 56.3 Å². The van der Waals surface area contributed by atoms with E-state index >= 15 is 0 Å². The molecule has 0 bridgehead atoms. The molecule has 1 aliphatic heterocycles. The third-order valence-corrected chi connectivity index (χ3v) is 5.39. The minimum absolute atomic E-state index is 0.0692. The van der Waals surface area contributed by atoms with Gasteiger partial charge in [-0.15, -0.1) is 0 Å². The normalized spacial score (nSPS) is 14.1. The zero-order valence-corrected chi connectivity index (χ0v) is 17.3. The number of rotatable bonds is 4. The van der Waals surface area contributed by atoms with Crippen molar-refractivity contribution in [3.63, 3.8) is 0 Å². The minimum Gasteiger partial charge on any atom is -0.353 e. The smallest absolute Gasteiger partial charge is 0.255 e. The quantitative estimate of drug-likeness (QED) is 0.554. The molecule has 4 aromatic rings. The lowest BCUT2D eigenvalue weighted by Gasteiger charge is -2.35. The molecular weight excluding hydrogens is 390 g/mol. The largest absolute Gasteiger partial charge is 0.353 e. The fourth-order valence-electron chi connectivity index (χ4n) is 3.84. The van der Waals surface area contributed by atoms with Crippen molar-refractivity contribution in [2.75, 3.05) is 36.4 Å². The molecule has 156 valence electrons. The summed E-state index contributed by atoms with van der Waals surface area (Å²) in [5, 5.41) is 3.23. The SMILES string of the molecule is Cc1nc(Nc2ccccn2)cc(N2CCN(C(=O)c3cc4ccccn4c3)CC2)n1. The minimum atomic E-state index is 0.0692. The van der Waals surface area contributed by atoms with Crippen LogP contribution in [-0.2, 0) is 0 Å². The summed E-state index contributed by atoms with van der Waals surface area (Å²) in [6.07, 6.45) is 5.59. The average Bonchev–Trinajstić information content (AvgIpc) is 3.23. The summed E-state index contributed by atoms with van der Waals surface area (Å²) in [5.41, 5.74) is 1.74. The number of hydrogen-bond acceptors (Lipinski definition) is 6. The van der Waals surface area contributed by atoms with Crippen LogP contribution in [0.3, 0.4) is 0 Å². The number of fused-ring (bicyclic) bond motifs is 1. The van der Waals surface area contributed by atoms with E-state index in [9.17, 15) is 4.79 Å². The van der Waals surface area contributed by atoms with E-state index in [1.165, 1.54) is 0 Å². The molecule has 1 saturated heterocycles. The van der Waals surface area contributed by atoms with Crippen molar-refractivity contribution in [3.8, 4) is 0 Å². The Balaban J connectivity index is 1.27. The molecule has 0 spiro atoms. The van der Waals surface area contributed by atoms with Crippen molar-refractivity contribution in [2.45, 2.75) is 6.92 Å². The highest BCUT2D eigenvalue weighted by Gasteiger charge is 2.24. The fraction of sp³-hybridized carbons (Fsp3) is 0.217. The van der Waals surface area contributed by atoms with Crippen LogP contribution in [0.2, 0.25) is 0 Å². The highest BCUT2D eigenvalue weighted by Crippen LogP contribution is 2.21. The number of nitrogens with zero attached hydrogens (tertiary/aromatic N) is 6. The Morgan fingerprint density at radius 1 is 0.968 bits per heavy atom. The van der Waals surface area contributed by atoms with Gasteiger partial charge in [-0.25, -0.2) is 15.0 Å². The van der Waals surface area contributed by atoms with E-state index in [0.29, 0.717) is 24.7 Å². The third kappa shape index (κ3) is 4.05. The summed E-state index contributed by atoms with van der Waals surface area (Å²) in [5.74, 6) is 3.06. The van der Waals surface area contributed by atoms with Gasteiger partial charge in [0.15, 0.2) is 0 Å². The monoisotopic (exact) mass is 413 g/mol. The van der Waals surface area contributed by atoms with Crippen LogP contribution >= 0.6 is 0 Å². The number of nitrogens with one attached hydrogen (secondary N) is 1. The van der Waals surface area contributed by atoms with E-state index in [2.05, 4.69) is 25.2 Å². The first-order valence-electron chi connectivity index (χ1n) is 10.3. The molecule has 8 nitrogen and oxygen atoms in total. The fourth-order valence-corrected chi connectivity index (χ4v) is 3.84. The lowest BCUT2D eigenvalue weighted by Crippen LogP contribution is -2.49. The van der Waals surface area contributed by atoms with E-state index in [-0.39, 0.29) is 5.91 Å². The van der Waals surface area contributed by atoms with Crippen LogP contribution in [0.1, 0.15) is 16.2 Å². The summed E-state index contributed by atoms with van der Waals surface area (Å²) >= 11 is 0. The number of carbonyl (C=O) groups is 1. The van der Waals surface area contributed by atoms with Gasteiger partial charge in [0.05, 0.1) is 5.56 Å². The zero-order chi connectivity index (χ0) is 21.2. The van der Waals surface area contributed by atoms with Gasteiger partial charge in [-0.05, 0) is 37.3 Å². The maximum atomic E-state index is 13.0. The average molecular weight is 413 g/mol. The van der Waals surface area contributed by atoms with Gasteiger partial charge in [-0.3, -0.25) is 4.79 Å². The van der Waals surface area contributed by atoms with Gasteiger partial charge in [0, 0.05) is 56.4 Å². The number of aromatic nitrogens is 4. The molecule has 0 unspecified atom stereocenters. The maximum Gasteiger partial charge on any atom is 0.255 e. The molecule has 0 aromatic carbocycles. The Bertz CT molecular complexity index is 1180. The molecule has 1 N–H and O–H groups in total. The van der Waals surface area contributed by atoms with Gasteiger partial charge in [-0.2, -0.15) is 0 Å². The Morgan fingerprint density at radius 3 is 2.58 bits per heavy atom. The van der Waals surface area contributed by atoms with Crippen LogP contribution in [0.5, 0.6) is 0 Å². The molecule has 0 atom stereocenters. The lowest BCUT2D eigenvalue weighted by atomic mass is 10.2. The highest BCUT2D eigenvalue weighted by molar-refractivity contribution is 5.95. The van der Waals surface area contributed by atoms with E-state index in [1.54, 1.807) is 6.20 Å². The molecule has 0 radical (unpaired) electrons. The number of anilines is 3. The molecular formula is C23H23N7O. The second-order valence-corrected chi connectivity index (χ2v) is 7.54. The Hall–Kier alpha value is -3.94. The number of hydrogen-bond donors (Lipinski definition) is 1. The van der Waals surface area contributed by atoms with Crippen LogP contribution in [0.4, 0.5) is 17.5 Å². The standard InChI is InChI=1S/C23H23N7O/c1-17-25-21(27-20-7-2-4-8-24-20)15-22(26-17)28-10-12-29(13-11-28)23(31)18-14-19-6-3-5-9-30(19)16-18/h2-9,14-16H,10-13H2,1H3,(H,24,25,26,27). The molecule has 1 amide bonds. The van der Waals surface area contributed by atoms with Crippen LogP contribution in [0.15, 0.2) is 67.1 Å². The molecule has 31 heavy (non-hydrogen) atoms. The first-order valence-corrected chi connectivity index (χ1v) is 10.3. The zero-order valence-electron chi connectivity index (χ0n) is 17.3. The Morgan fingerprint density at radius 2 is 1.81 bits per heavy atom. The van der Waals surface area contributed by atoms with E-state index in [1.807, 2.05) is 77.1 Å². The van der Waals surface area contributed by atoms with E-state index in [4.69, 9.17) is 0 Å². The van der Waals surface area contributed by atoms with Gasteiger partial charge in [0.2, 0.25) is 0 Å². The van der Waals surface area contributed by atoms with Crippen molar-refractivity contribution in [2.24, 2.45) is 0 Å². The van der Waals surface area contributed by atoms with E-state index < -0.39 is 0 Å². The first-order chi connectivity index (χ1) is 15.2. The maximum absolute atomic E-state index is 13.0. The summed E-state index contributed by atoms with van der Waals surface area (Å²) in [6.45, 7) is 4.62. The number of amides is 1. The predicted molar refractivity (Wildman–Crippen MR) is 120 cm³/mol. The number of carbonyl (C=O) groups excluding carboxylic acids is 1. The van der Waals surface area contributed by atoms with Gasteiger partial charge >= 0.3 is 0 Å². The van der Waals surface area contributed by atoms with Crippen molar-refractivity contribution < 1.29 is 4.79 Å². The first kappa shape index (κ1) is 19.0. The van der Waals surface area contributed by atoms with Crippen molar-refractivity contribution >= 4 is 28.9 Å². The van der Waals surface area contributed by atoms with Crippen molar-refractivity contribution in [1.29, 1.82) is 0 Å². The van der Waals surface area contributed by atoms with E-state index in [0.717, 1.165) is 35.8 Å². The number of piperazine rings is 1. The van der Waals surface area contributed by atoms with Crippen LogP contribution in [0, 0.1) is 6.92 Å². The van der Waals surface area contributed by atoms with Gasteiger partial charge < -0.3 is 19.5 Å². The lowest BCUT2D eigenvalue weighted by molar-refractivity contribution is 0.0746. The number of pyridine rings is 2. The molecule has 1 aliphatic rings. The van der Waals surface area contributed by atoms with Gasteiger partial charge in [0.1, 0.15) is 23.3 Å². The summed E-state index contributed by atoms with van der Waals surface area (Å²) in [4.78, 5) is 30.4. The van der Waals surface area contributed by atoms with Gasteiger partial charge in [-0.1, -0.05) is 12.1 Å². The molecule has 0 saturated carbocycles. The molecule has 4 aromatic heterocycles. The van der Waals surface area contributed by atoms with Crippen molar-refractivity contribution in [3.05, 3.63) is 78.5 Å².